The lowest BCUT2D eigenvalue weighted by Crippen LogP contribution is -2.24. The molecule has 0 fully saturated rings. The van der Waals surface area contributed by atoms with E-state index in [1.807, 2.05) is 16.8 Å². The van der Waals surface area contributed by atoms with E-state index in [2.05, 4.69) is 66.8 Å². The van der Waals surface area contributed by atoms with Gasteiger partial charge in [0.25, 0.3) is 5.91 Å². The second kappa shape index (κ2) is 7.60. The van der Waals surface area contributed by atoms with E-state index >= 15 is 0 Å². The van der Waals surface area contributed by atoms with Crippen LogP contribution in [0.3, 0.4) is 0 Å². The summed E-state index contributed by atoms with van der Waals surface area (Å²) in [5.41, 5.74) is 7.52. The Hall–Kier alpha value is -2.92. The maximum absolute atomic E-state index is 12.9. The Balaban J connectivity index is 1.55. The Morgan fingerprint density at radius 2 is 1.89 bits per heavy atom. The van der Waals surface area contributed by atoms with Crippen molar-refractivity contribution in [3.8, 4) is 5.69 Å². The van der Waals surface area contributed by atoms with Crippen LogP contribution in [0.1, 0.15) is 58.1 Å². The zero-order chi connectivity index (χ0) is 19.7. The SMILES string of the molecule is Cc1ccc(-n2ncc(C(=O)NCc3ccc4c(c3)CNC4)c2C(C)C)cc1. The van der Waals surface area contributed by atoms with Crippen molar-refractivity contribution in [2.45, 2.75) is 46.3 Å². The summed E-state index contributed by atoms with van der Waals surface area (Å²) < 4.78 is 1.88. The van der Waals surface area contributed by atoms with Gasteiger partial charge in [0.15, 0.2) is 0 Å². The van der Waals surface area contributed by atoms with Gasteiger partial charge in [-0.05, 0) is 41.7 Å². The monoisotopic (exact) mass is 374 g/mol. The molecule has 1 aliphatic rings. The van der Waals surface area contributed by atoms with E-state index in [4.69, 9.17) is 0 Å². The number of fused-ring (bicyclic) bond motifs is 1. The molecule has 28 heavy (non-hydrogen) atoms. The first-order valence-corrected chi connectivity index (χ1v) is 9.77. The number of rotatable bonds is 5. The maximum atomic E-state index is 12.9. The predicted octanol–water partition coefficient (Wildman–Crippen LogP) is 3.84. The zero-order valence-corrected chi connectivity index (χ0v) is 16.6. The lowest BCUT2D eigenvalue weighted by atomic mass is 10.0. The van der Waals surface area contributed by atoms with Crippen molar-refractivity contribution in [1.29, 1.82) is 0 Å². The number of carbonyl (C=O) groups excluding carboxylic acids is 1. The van der Waals surface area contributed by atoms with Gasteiger partial charge in [-0.15, -0.1) is 0 Å². The molecule has 144 valence electrons. The van der Waals surface area contributed by atoms with Gasteiger partial charge in [0.05, 0.1) is 23.1 Å². The highest BCUT2D eigenvalue weighted by molar-refractivity contribution is 5.95. The maximum Gasteiger partial charge on any atom is 0.255 e. The molecule has 0 unspecified atom stereocenters. The van der Waals surface area contributed by atoms with Crippen LogP contribution in [0, 0.1) is 6.92 Å². The van der Waals surface area contributed by atoms with Crippen LogP contribution in [-0.4, -0.2) is 15.7 Å². The number of aryl methyl sites for hydroxylation is 1. The average molecular weight is 374 g/mol. The number of hydrogen-bond acceptors (Lipinski definition) is 3. The van der Waals surface area contributed by atoms with E-state index in [0.717, 1.165) is 30.0 Å². The molecule has 0 spiro atoms. The normalized spacial score (nSPS) is 13.0. The third kappa shape index (κ3) is 3.58. The summed E-state index contributed by atoms with van der Waals surface area (Å²) >= 11 is 0. The van der Waals surface area contributed by atoms with Gasteiger partial charge in [0.2, 0.25) is 0 Å². The first-order valence-electron chi connectivity index (χ1n) is 9.77. The van der Waals surface area contributed by atoms with Crippen LogP contribution in [0.25, 0.3) is 5.69 Å². The number of nitrogens with zero attached hydrogens (tertiary/aromatic N) is 2. The number of carbonyl (C=O) groups is 1. The molecule has 1 amide bonds. The highest BCUT2D eigenvalue weighted by atomic mass is 16.1. The van der Waals surface area contributed by atoms with E-state index in [0.29, 0.717) is 12.1 Å². The Bertz CT molecular complexity index is 1000. The summed E-state index contributed by atoms with van der Waals surface area (Å²) in [6.45, 7) is 8.58. The predicted molar refractivity (Wildman–Crippen MR) is 111 cm³/mol. The van der Waals surface area contributed by atoms with Crippen LogP contribution in [-0.2, 0) is 19.6 Å². The number of hydrogen-bond donors (Lipinski definition) is 2. The van der Waals surface area contributed by atoms with E-state index < -0.39 is 0 Å². The van der Waals surface area contributed by atoms with Crippen LogP contribution < -0.4 is 10.6 Å². The van der Waals surface area contributed by atoms with Gasteiger partial charge in [0, 0.05) is 19.6 Å². The first-order chi connectivity index (χ1) is 13.5. The van der Waals surface area contributed by atoms with Gasteiger partial charge in [-0.1, -0.05) is 49.7 Å². The summed E-state index contributed by atoms with van der Waals surface area (Å²) in [5, 5.41) is 10.9. The minimum Gasteiger partial charge on any atom is -0.348 e. The third-order valence-electron chi connectivity index (χ3n) is 5.23. The van der Waals surface area contributed by atoms with Crippen molar-refractivity contribution < 1.29 is 4.79 Å². The summed E-state index contributed by atoms with van der Waals surface area (Å²) in [7, 11) is 0. The zero-order valence-electron chi connectivity index (χ0n) is 16.6. The molecule has 2 heterocycles. The molecule has 0 saturated carbocycles. The van der Waals surface area contributed by atoms with Crippen LogP contribution in [0.15, 0.2) is 48.7 Å². The largest absolute Gasteiger partial charge is 0.348 e. The van der Waals surface area contributed by atoms with Crippen LogP contribution in [0.5, 0.6) is 0 Å². The number of benzene rings is 2. The summed E-state index contributed by atoms with van der Waals surface area (Å²) in [5.74, 6) is 0.0938. The number of aromatic nitrogens is 2. The number of nitrogens with one attached hydrogen (secondary N) is 2. The molecule has 3 aromatic rings. The van der Waals surface area contributed by atoms with Crippen molar-refractivity contribution in [2.24, 2.45) is 0 Å². The van der Waals surface area contributed by atoms with Crippen molar-refractivity contribution >= 4 is 5.91 Å². The van der Waals surface area contributed by atoms with Crippen molar-refractivity contribution in [2.75, 3.05) is 0 Å². The molecule has 5 heteroatoms. The Labute approximate surface area is 165 Å². The van der Waals surface area contributed by atoms with Crippen molar-refractivity contribution in [3.63, 3.8) is 0 Å². The van der Waals surface area contributed by atoms with E-state index in [1.165, 1.54) is 16.7 Å². The molecule has 0 aliphatic carbocycles. The average Bonchev–Trinajstić information content (AvgIpc) is 3.33. The van der Waals surface area contributed by atoms with E-state index in [-0.39, 0.29) is 11.8 Å². The molecule has 2 aromatic carbocycles. The molecule has 4 rings (SSSR count). The molecule has 1 aromatic heterocycles. The minimum atomic E-state index is -0.0827. The first kappa shape index (κ1) is 18.4. The van der Waals surface area contributed by atoms with Gasteiger partial charge in [0.1, 0.15) is 0 Å². The minimum absolute atomic E-state index is 0.0827. The smallest absolute Gasteiger partial charge is 0.255 e. The molecular formula is C23H26N4O. The summed E-state index contributed by atoms with van der Waals surface area (Å²) in [6, 6.07) is 14.6. The van der Waals surface area contributed by atoms with Crippen LogP contribution >= 0.6 is 0 Å². The fraction of sp³-hybridized carbons (Fsp3) is 0.304. The fourth-order valence-corrected chi connectivity index (χ4v) is 3.72. The second-order valence-corrected chi connectivity index (χ2v) is 7.73. The highest BCUT2D eigenvalue weighted by Gasteiger charge is 2.21. The second-order valence-electron chi connectivity index (χ2n) is 7.73. The van der Waals surface area contributed by atoms with Gasteiger partial charge in [-0.25, -0.2) is 4.68 Å². The lowest BCUT2D eigenvalue weighted by Gasteiger charge is -2.13. The highest BCUT2D eigenvalue weighted by Crippen LogP contribution is 2.23. The van der Waals surface area contributed by atoms with Gasteiger partial charge in [-0.3, -0.25) is 4.79 Å². The van der Waals surface area contributed by atoms with Crippen molar-refractivity contribution in [3.05, 3.63) is 82.2 Å². The molecule has 2 N–H and O–H groups in total. The van der Waals surface area contributed by atoms with E-state index in [9.17, 15) is 4.79 Å². The summed E-state index contributed by atoms with van der Waals surface area (Å²) in [6.07, 6.45) is 1.68. The Kier molecular flexibility index (Phi) is 5.01. The van der Waals surface area contributed by atoms with Gasteiger partial charge >= 0.3 is 0 Å². The van der Waals surface area contributed by atoms with Crippen molar-refractivity contribution in [1.82, 2.24) is 20.4 Å². The fourth-order valence-electron chi connectivity index (χ4n) is 3.72. The lowest BCUT2D eigenvalue weighted by molar-refractivity contribution is 0.0949. The van der Waals surface area contributed by atoms with Gasteiger partial charge in [-0.2, -0.15) is 5.10 Å². The third-order valence-corrected chi connectivity index (χ3v) is 5.23. The number of amides is 1. The topological polar surface area (TPSA) is 59.0 Å². The summed E-state index contributed by atoms with van der Waals surface area (Å²) in [4.78, 5) is 12.9. The molecule has 5 nitrogen and oxygen atoms in total. The standard InChI is InChI=1S/C23H26N4O/c1-15(2)22-21(14-26-27(22)20-8-4-16(3)5-9-20)23(28)25-11-17-6-7-18-12-24-13-19(18)10-17/h4-10,14-15,24H,11-13H2,1-3H3,(H,25,28). The van der Waals surface area contributed by atoms with Gasteiger partial charge < -0.3 is 10.6 Å². The molecular weight excluding hydrogens is 348 g/mol. The molecule has 0 bridgehead atoms. The van der Waals surface area contributed by atoms with Crippen LogP contribution in [0.2, 0.25) is 0 Å². The van der Waals surface area contributed by atoms with E-state index in [1.54, 1.807) is 6.20 Å². The Morgan fingerprint density at radius 3 is 2.64 bits per heavy atom. The molecule has 0 atom stereocenters. The molecule has 1 aliphatic heterocycles. The van der Waals surface area contributed by atoms with Crippen LogP contribution in [0.4, 0.5) is 0 Å². The Morgan fingerprint density at radius 1 is 1.14 bits per heavy atom. The molecule has 0 radical (unpaired) electrons. The quantitative estimate of drug-likeness (QED) is 0.713. The molecule has 0 saturated heterocycles.